The number of aromatic nitrogens is 2. The molecule has 0 fully saturated rings. The monoisotopic (exact) mass is 260 g/mol. The lowest BCUT2D eigenvalue weighted by atomic mass is 10.1. The highest BCUT2D eigenvalue weighted by Gasteiger charge is 2.10. The fourth-order valence-corrected chi connectivity index (χ4v) is 1.84. The average Bonchev–Trinajstić information content (AvgIpc) is 2.42. The van der Waals surface area contributed by atoms with E-state index in [1.54, 1.807) is 7.05 Å². The fourth-order valence-electron chi connectivity index (χ4n) is 1.84. The molecule has 2 N–H and O–H groups in total. The van der Waals surface area contributed by atoms with Gasteiger partial charge in [-0.2, -0.15) is 4.98 Å². The van der Waals surface area contributed by atoms with Crippen molar-refractivity contribution in [2.45, 2.75) is 19.4 Å². The van der Waals surface area contributed by atoms with Crippen LogP contribution in [0.25, 0.3) is 0 Å². The molecule has 0 aliphatic heterocycles. The van der Waals surface area contributed by atoms with Gasteiger partial charge in [-0.25, -0.2) is 9.37 Å². The Balaban J connectivity index is 2.04. The van der Waals surface area contributed by atoms with E-state index in [2.05, 4.69) is 20.6 Å². The highest BCUT2D eigenvalue weighted by molar-refractivity contribution is 5.41. The molecule has 1 unspecified atom stereocenters. The summed E-state index contributed by atoms with van der Waals surface area (Å²) in [6, 6.07) is 10.1. The predicted molar refractivity (Wildman–Crippen MR) is 74.8 cm³/mol. The number of nitrogens with zero attached hydrogens (tertiary/aromatic N) is 2. The smallest absolute Gasteiger partial charge is 0.224 e. The lowest BCUT2D eigenvalue weighted by Crippen LogP contribution is -2.20. The van der Waals surface area contributed by atoms with Crippen molar-refractivity contribution < 1.29 is 4.39 Å². The molecule has 5 heteroatoms. The van der Waals surface area contributed by atoms with Crippen molar-refractivity contribution in [3.05, 3.63) is 47.9 Å². The van der Waals surface area contributed by atoms with Crippen LogP contribution in [0.5, 0.6) is 0 Å². The minimum Gasteiger partial charge on any atom is -0.365 e. The van der Waals surface area contributed by atoms with Crippen LogP contribution in [0.2, 0.25) is 0 Å². The number of halogens is 1. The number of rotatable bonds is 5. The van der Waals surface area contributed by atoms with E-state index in [-0.39, 0.29) is 11.9 Å². The molecule has 0 aliphatic rings. The first-order chi connectivity index (χ1) is 9.19. The summed E-state index contributed by atoms with van der Waals surface area (Å²) in [4.78, 5) is 7.88. The molecule has 2 rings (SSSR count). The predicted octanol–water partition coefficient (Wildman–Crippen LogP) is 2.70. The van der Waals surface area contributed by atoms with Crippen LogP contribution >= 0.6 is 0 Å². The Morgan fingerprint density at radius 3 is 2.68 bits per heavy atom. The quantitative estimate of drug-likeness (QED) is 0.868. The molecule has 4 nitrogen and oxygen atoms in total. The van der Waals surface area contributed by atoms with Crippen molar-refractivity contribution in [1.82, 2.24) is 9.97 Å². The number of hydrogen-bond acceptors (Lipinski definition) is 4. The average molecular weight is 260 g/mol. The molecular formula is C14H17FN4. The molecular weight excluding hydrogens is 243 g/mol. The van der Waals surface area contributed by atoms with E-state index in [4.69, 9.17) is 0 Å². The normalized spacial score (nSPS) is 11.9. The summed E-state index contributed by atoms with van der Waals surface area (Å²) in [7, 11) is 1.70. The van der Waals surface area contributed by atoms with Crippen LogP contribution in [0.15, 0.2) is 36.5 Å². The van der Waals surface area contributed by atoms with Gasteiger partial charge in [-0.1, -0.05) is 30.3 Å². The van der Waals surface area contributed by atoms with Gasteiger partial charge in [0.05, 0.1) is 6.20 Å². The zero-order chi connectivity index (χ0) is 13.7. The van der Waals surface area contributed by atoms with E-state index in [0.29, 0.717) is 5.95 Å². The first-order valence-corrected chi connectivity index (χ1v) is 6.20. The Morgan fingerprint density at radius 2 is 2.00 bits per heavy atom. The second kappa shape index (κ2) is 6.13. The summed E-state index contributed by atoms with van der Waals surface area (Å²) in [5, 5.41) is 5.86. The van der Waals surface area contributed by atoms with E-state index in [9.17, 15) is 4.39 Å². The summed E-state index contributed by atoms with van der Waals surface area (Å²) in [5.74, 6) is 0.178. The maximum absolute atomic E-state index is 13.6. The zero-order valence-corrected chi connectivity index (χ0v) is 11.0. The second-order valence-corrected chi connectivity index (χ2v) is 4.38. The summed E-state index contributed by atoms with van der Waals surface area (Å²) < 4.78 is 13.6. The van der Waals surface area contributed by atoms with Gasteiger partial charge in [0, 0.05) is 13.1 Å². The van der Waals surface area contributed by atoms with Crippen LogP contribution < -0.4 is 10.6 Å². The lowest BCUT2D eigenvalue weighted by molar-refractivity contribution is 0.612. The maximum atomic E-state index is 13.6. The molecule has 19 heavy (non-hydrogen) atoms. The first kappa shape index (κ1) is 13.3. The van der Waals surface area contributed by atoms with Crippen molar-refractivity contribution in [1.29, 1.82) is 0 Å². The van der Waals surface area contributed by atoms with Crippen molar-refractivity contribution >= 4 is 11.8 Å². The topological polar surface area (TPSA) is 49.8 Å². The molecule has 0 bridgehead atoms. The number of nitrogens with one attached hydrogen (secondary N) is 2. The van der Waals surface area contributed by atoms with Crippen LogP contribution in [0, 0.1) is 5.82 Å². The molecule has 0 radical (unpaired) electrons. The van der Waals surface area contributed by atoms with Crippen molar-refractivity contribution in [2.24, 2.45) is 0 Å². The third kappa shape index (κ3) is 3.64. The fraction of sp³-hybridized carbons (Fsp3) is 0.286. The Bertz CT molecular complexity index is 530. The SMILES string of the molecule is CNc1ncc(F)c(NC(C)Cc2ccccc2)n1. The molecule has 1 atom stereocenters. The third-order valence-electron chi connectivity index (χ3n) is 2.74. The van der Waals surface area contributed by atoms with Gasteiger partial charge < -0.3 is 10.6 Å². The van der Waals surface area contributed by atoms with Crippen LogP contribution in [-0.2, 0) is 6.42 Å². The van der Waals surface area contributed by atoms with Crippen LogP contribution in [-0.4, -0.2) is 23.1 Å². The standard InChI is InChI=1S/C14H17FN4/c1-10(8-11-6-4-3-5-7-11)18-13-12(15)9-17-14(16-2)19-13/h3-7,9-10H,8H2,1-2H3,(H2,16,17,18,19). The zero-order valence-electron chi connectivity index (χ0n) is 11.0. The van der Waals surface area contributed by atoms with Crippen molar-refractivity contribution in [3.8, 4) is 0 Å². The Labute approximate surface area is 112 Å². The minimum atomic E-state index is -0.445. The first-order valence-electron chi connectivity index (χ1n) is 6.20. The molecule has 0 aliphatic carbocycles. The molecule has 1 heterocycles. The van der Waals surface area contributed by atoms with Gasteiger partial charge in [0.1, 0.15) is 0 Å². The van der Waals surface area contributed by atoms with Gasteiger partial charge in [0.15, 0.2) is 11.6 Å². The second-order valence-electron chi connectivity index (χ2n) is 4.38. The van der Waals surface area contributed by atoms with Crippen LogP contribution in [0.1, 0.15) is 12.5 Å². The van der Waals surface area contributed by atoms with E-state index in [1.165, 1.54) is 5.56 Å². The summed E-state index contributed by atoms with van der Waals surface area (Å²) in [6.07, 6.45) is 1.97. The van der Waals surface area contributed by atoms with E-state index >= 15 is 0 Å². The molecule has 2 aromatic rings. The van der Waals surface area contributed by atoms with Gasteiger partial charge in [0.25, 0.3) is 0 Å². The molecule has 1 aromatic heterocycles. The van der Waals surface area contributed by atoms with Gasteiger partial charge in [-0.3, -0.25) is 0 Å². The number of benzene rings is 1. The molecule has 1 aromatic carbocycles. The van der Waals surface area contributed by atoms with E-state index in [1.807, 2.05) is 37.3 Å². The van der Waals surface area contributed by atoms with E-state index in [0.717, 1.165) is 12.6 Å². The summed E-state index contributed by atoms with van der Waals surface area (Å²) in [5.41, 5.74) is 1.20. The Morgan fingerprint density at radius 1 is 1.26 bits per heavy atom. The van der Waals surface area contributed by atoms with Crippen LogP contribution in [0.4, 0.5) is 16.2 Å². The molecule has 0 saturated heterocycles. The Hall–Kier alpha value is -2.17. The van der Waals surface area contributed by atoms with Crippen LogP contribution in [0.3, 0.4) is 0 Å². The highest BCUT2D eigenvalue weighted by Crippen LogP contribution is 2.14. The third-order valence-corrected chi connectivity index (χ3v) is 2.74. The molecule has 0 amide bonds. The van der Waals surface area contributed by atoms with Crippen molar-refractivity contribution in [3.63, 3.8) is 0 Å². The molecule has 0 saturated carbocycles. The van der Waals surface area contributed by atoms with E-state index < -0.39 is 5.82 Å². The van der Waals surface area contributed by atoms with Gasteiger partial charge in [-0.05, 0) is 18.9 Å². The number of hydrogen-bond donors (Lipinski definition) is 2. The number of anilines is 2. The minimum absolute atomic E-state index is 0.0801. The van der Waals surface area contributed by atoms with Gasteiger partial charge in [0.2, 0.25) is 5.95 Å². The maximum Gasteiger partial charge on any atom is 0.224 e. The Kier molecular flexibility index (Phi) is 4.28. The lowest BCUT2D eigenvalue weighted by Gasteiger charge is -2.15. The largest absolute Gasteiger partial charge is 0.365 e. The van der Waals surface area contributed by atoms with Gasteiger partial charge in [-0.15, -0.1) is 0 Å². The molecule has 100 valence electrons. The summed E-state index contributed by atoms with van der Waals surface area (Å²) >= 11 is 0. The van der Waals surface area contributed by atoms with Crippen molar-refractivity contribution in [2.75, 3.05) is 17.7 Å². The molecule has 0 spiro atoms. The van der Waals surface area contributed by atoms with Gasteiger partial charge >= 0.3 is 0 Å². The summed E-state index contributed by atoms with van der Waals surface area (Å²) in [6.45, 7) is 1.99. The highest BCUT2D eigenvalue weighted by atomic mass is 19.1.